The highest BCUT2D eigenvalue weighted by atomic mass is 16.4. The minimum atomic E-state index is -0.392. The smallest absolute Gasteiger partial charge is 0.227 e. The van der Waals surface area contributed by atoms with Crippen molar-refractivity contribution in [3.05, 3.63) is 0 Å². The summed E-state index contributed by atoms with van der Waals surface area (Å²) in [6, 6.07) is 0. The predicted molar refractivity (Wildman–Crippen MR) is 75.3 cm³/mol. The molecule has 0 radical (unpaired) electrons. The number of hydrogen-bond acceptors (Lipinski definition) is 3. The molecule has 2 unspecified atom stereocenters. The number of oxime groups is 1. The maximum Gasteiger partial charge on any atom is 0.227 e. The van der Waals surface area contributed by atoms with Gasteiger partial charge < -0.3 is 10.5 Å². The van der Waals surface area contributed by atoms with Crippen LogP contribution in [0.4, 0.5) is 0 Å². The first-order valence-electron chi connectivity index (χ1n) is 7.35. The number of amides is 1. The standard InChI is InChI=1S/C15H26N2O2/c1-5-6-9-16-12(18)15-8-7-14(4,13(15,2)3)11(10-15)17-19/h19H,5-10H2,1-4H3,(H,16,18). The molecule has 2 aliphatic carbocycles. The van der Waals surface area contributed by atoms with Crippen LogP contribution in [0, 0.1) is 16.2 Å². The third-order valence-electron chi connectivity index (χ3n) is 6.10. The van der Waals surface area contributed by atoms with Crippen LogP contribution in [0.2, 0.25) is 0 Å². The Kier molecular flexibility index (Phi) is 3.40. The van der Waals surface area contributed by atoms with Crippen LogP contribution < -0.4 is 5.32 Å². The summed E-state index contributed by atoms with van der Waals surface area (Å²) in [6.07, 6.45) is 4.53. The van der Waals surface area contributed by atoms with E-state index in [0.717, 1.165) is 37.9 Å². The number of unbranched alkanes of at least 4 members (excludes halogenated alkanes) is 1. The molecule has 0 aromatic heterocycles. The summed E-state index contributed by atoms with van der Waals surface area (Å²) in [5, 5.41) is 15.8. The fraction of sp³-hybridized carbons (Fsp3) is 0.867. The van der Waals surface area contributed by atoms with E-state index in [4.69, 9.17) is 0 Å². The molecule has 0 spiro atoms. The van der Waals surface area contributed by atoms with E-state index in [1.54, 1.807) is 0 Å². The molecule has 2 rings (SSSR count). The Morgan fingerprint density at radius 3 is 2.58 bits per heavy atom. The van der Waals surface area contributed by atoms with Crippen molar-refractivity contribution >= 4 is 11.6 Å². The van der Waals surface area contributed by atoms with Crippen LogP contribution >= 0.6 is 0 Å². The molecular weight excluding hydrogens is 240 g/mol. The van der Waals surface area contributed by atoms with Crippen LogP contribution in [-0.2, 0) is 4.79 Å². The van der Waals surface area contributed by atoms with Gasteiger partial charge in [-0.1, -0.05) is 39.3 Å². The van der Waals surface area contributed by atoms with Crippen molar-refractivity contribution in [2.24, 2.45) is 21.4 Å². The van der Waals surface area contributed by atoms with E-state index < -0.39 is 5.41 Å². The summed E-state index contributed by atoms with van der Waals surface area (Å²) >= 11 is 0. The molecule has 2 fully saturated rings. The molecule has 0 aromatic carbocycles. The lowest BCUT2D eigenvalue weighted by Gasteiger charge is -2.39. The zero-order valence-electron chi connectivity index (χ0n) is 12.5. The molecule has 2 aliphatic rings. The molecule has 0 saturated heterocycles. The molecule has 19 heavy (non-hydrogen) atoms. The third-order valence-corrected chi connectivity index (χ3v) is 6.10. The minimum absolute atomic E-state index is 0.147. The van der Waals surface area contributed by atoms with Gasteiger partial charge in [0.05, 0.1) is 11.1 Å². The van der Waals surface area contributed by atoms with E-state index in [-0.39, 0.29) is 16.7 Å². The zero-order chi connectivity index (χ0) is 14.3. The molecule has 1 amide bonds. The van der Waals surface area contributed by atoms with E-state index in [2.05, 4.69) is 38.2 Å². The summed E-state index contributed by atoms with van der Waals surface area (Å²) in [5.41, 5.74) is 0.105. The highest BCUT2D eigenvalue weighted by Gasteiger charge is 2.71. The second-order valence-corrected chi connectivity index (χ2v) is 6.87. The fourth-order valence-corrected chi connectivity index (χ4v) is 4.08. The first-order chi connectivity index (χ1) is 8.85. The number of nitrogens with zero attached hydrogens (tertiary/aromatic N) is 1. The molecule has 108 valence electrons. The quantitative estimate of drug-likeness (QED) is 0.467. The molecule has 0 heterocycles. The van der Waals surface area contributed by atoms with Crippen molar-refractivity contribution < 1.29 is 10.0 Å². The summed E-state index contributed by atoms with van der Waals surface area (Å²) in [4.78, 5) is 12.7. The van der Waals surface area contributed by atoms with Gasteiger partial charge in [-0.25, -0.2) is 0 Å². The number of fused-ring (bicyclic) bond motifs is 2. The highest BCUT2D eigenvalue weighted by molar-refractivity contribution is 6.02. The first-order valence-corrected chi connectivity index (χ1v) is 7.35. The normalized spacial score (nSPS) is 37.8. The molecule has 0 aliphatic heterocycles. The predicted octanol–water partition coefficient (Wildman–Crippen LogP) is 2.95. The van der Waals surface area contributed by atoms with Crippen molar-refractivity contribution in [3.63, 3.8) is 0 Å². The monoisotopic (exact) mass is 266 g/mol. The molecule has 2 bridgehead atoms. The molecule has 4 heteroatoms. The van der Waals surface area contributed by atoms with Crippen LogP contribution in [0.15, 0.2) is 5.16 Å². The molecule has 4 nitrogen and oxygen atoms in total. The van der Waals surface area contributed by atoms with Crippen molar-refractivity contribution in [2.45, 2.75) is 59.8 Å². The first kappa shape index (κ1) is 14.4. The van der Waals surface area contributed by atoms with Crippen molar-refractivity contribution in [1.82, 2.24) is 5.32 Å². The maximum absolute atomic E-state index is 12.7. The third kappa shape index (κ3) is 1.65. The average Bonchev–Trinajstić information content (AvgIpc) is 2.68. The Balaban J connectivity index is 2.27. The van der Waals surface area contributed by atoms with Crippen molar-refractivity contribution in [2.75, 3.05) is 6.54 Å². The number of hydrogen-bond donors (Lipinski definition) is 2. The molecular formula is C15H26N2O2. The van der Waals surface area contributed by atoms with Gasteiger partial charge in [-0.2, -0.15) is 0 Å². The number of rotatable bonds is 4. The van der Waals surface area contributed by atoms with Gasteiger partial charge in [-0.15, -0.1) is 0 Å². The van der Waals surface area contributed by atoms with Crippen LogP contribution in [-0.4, -0.2) is 23.4 Å². The summed E-state index contributed by atoms with van der Waals surface area (Å²) in [6.45, 7) is 9.30. The van der Waals surface area contributed by atoms with E-state index in [0.29, 0.717) is 6.42 Å². The molecule has 0 aromatic rings. The van der Waals surface area contributed by atoms with Crippen LogP contribution in [0.25, 0.3) is 0 Å². The van der Waals surface area contributed by atoms with Crippen molar-refractivity contribution in [1.29, 1.82) is 0 Å². The van der Waals surface area contributed by atoms with Gasteiger partial charge in [-0.3, -0.25) is 4.79 Å². The lowest BCUT2D eigenvalue weighted by atomic mass is 9.64. The van der Waals surface area contributed by atoms with E-state index in [1.165, 1.54) is 0 Å². The number of nitrogens with one attached hydrogen (secondary N) is 1. The zero-order valence-corrected chi connectivity index (χ0v) is 12.5. The lowest BCUT2D eigenvalue weighted by molar-refractivity contribution is -0.135. The summed E-state index contributed by atoms with van der Waals surface area (Å²) in [7, 11) is 0. The fourth-order valence-electron chi connectivity index (χ4n) is 4.08. The second kappa shape index (κ2) is 4.50. The Labute approximate surface area is 115 Å². The van der Waals surface area contributed by atoms with Gasteiger partial charge in [0.1, 0.15) is 0 Å². The summed E-state index contributed by atoms with van der Waals surface area (Å²) < 4.78 is 0. The van der Waals surface area contributed by atoms with Crippen LogP contribution in [0.1, 0.15) is 59.8 Å². The van der Waals surface area contributed by atoms with Gasteiger partial charge in [0.15, 0.2) is 0 Å². The SMILES string of the molecule is CCCCNC(=O)C12CCC(C)(C(=NO)C1)C2(C)C. The van der Waals surface area contributed by atoms with Gasteiger partial charge in [-0.05, 0) is 24.7 Å². The van der Waals surface area contributed by atoms with Crippen molar-refractivity contribution in [3.8, 4) is 0 Å². The van der Waals surface area contributed by atoms with Crippen LogP contribution in [0.3, 0.4) is 0 Å². The Bertz CT molecular complexity index is 416. The van der Waals surface area contributed by atoms with Gasteiger partial charge in [0.25, 0.3) is 0 Å². The number of carbonyl (C=O) groups is 1. The summed E-state index contributed by atoms with van der Waals surface area (Å²) in [5.74, 6) is 0.147. The average molecular weight is 266 g/mol. The molecule has 2 atom stereocenters. The maximum atomic E-state index is 12.7. The largest absolute Gasteiger partial charge is 0.411 e. The van der Waals surface area contributed by atoms with E-state index in [1.807, 2.05) is 0 Å². The molecule has 2 saturated carbocycles. The van der Waals surface area contributed by atoms with E-state index >= 15 is 0 Å². The number of carbonyl (C=O) groups excluding carboxylic acids is 1. The Hall–Kier alpha value is -1.06. The van der Waals surface area contributed by atoms with Crippen LogP contribution in [0.5, 0.6) is 0 Å². The van der Waals surface area contributed by atoms with E-state index in [9.17, 15) is 10.0 Å². The molecule has 2 N–H and O–H groups in total. The van der Waals surface area contributed by atoms with Gasteiger partial charge in [0.2, 0.25) is 5.91 Å². The van der Waals surface area contributed by atoms with Gasteiger partial charge in [0, 0.05) is 18.4 Å². The Morgan fingerprint density at radius 1 is 1.37 bits per heavy atom. The highest BCUT2D eigenvalue weighted by Crippen LogP contribution is 2.70. The minimum Gasteiger partial charge on any atom is -0.411 e. The topological polar surface area (TPSA) is 61.7 Å². The van der Waals surface area contributed by atoms with Gasteiger partial charge >= 0.3 is 0 Å². The lowest BCUT2D eigenvalue weighted by Crippen LogP contribution is -2.46. The Morgan fingerprint density at radius 2 is 2.05 bits per heavy atom. The second-order valence-electron chi connectivity index (χ2n) is 6.87.